The van der Waals surface area contributed by atoms with Crippen molar-refractivity contribution in [3.63, 3.8) is 0 Å². The fourth-order valence-electron chi connectivity index (χ4n) is 3.04. The van der Waals surface area contributed by atoms with E-state index in [1.807, 2.05) is 43.5 Å². The highest BCUT2D eigenvalue weighted by molar-refractivity contribution is 7.22. The van der Waals surface area contributed by atoms with E-state index in [4.69, 9.17) is 9.47 Å². The summed E-state index contributed by atoms with van der Waals surface area (Å²) >= 11 is 3.09. The first kappa shape index (κ1) is 20.3. The fraction of sp³-hybridized carbons (Fsp3) is 0.227. The Morgan fingerprint density at radius 2 is 1.97 bits per heavy atom. The second-order valence-corrected chi connectivity index (χ2v) is 8.60. The molecule has 2 heterocycles. The maximum Gasteiger partial charge on any atom is 0.260 e. The third-order valence-corrected chi connectivity index (χ3v) is 6.41. The third-order valence-electron chi connectivity index (χ3n) is 4.53. The summed E-state index contributed by atoms with van der Waals surface area (Å²) in [6, 6.07) is 13.1. The molecule has 0 N–H and O–H groups in total. The quantitative estimate of drug-likeness (QED) is 0.390. The summed E-state index contributed by atoms with van der Waals surface area (Å²) < 4.78 is 12.4. The van der Waals surface area contributed by atoms with Crippen LogP contribution in [0.15, 0.2) is 47.8 Å². The number of ether oxygens (including phenoxy) is 2. The molecule has 154 valence electrons. The van der Waals surface area contributed by atoms with Gasteiger partial charge < -0.3 is 9.47 Å². The zero-order valence-corrected chi connectivity index (χ0v) is 18.5. The van der Waals surface area contributed by atoms with Crippen molar-refractivity contribution < 1.29 is 14.3 Å². The fourth-order valence-corrected chi connectivity index (χ4v) is 4.67. The Morgan fingerprint density at radius 3 is 2.67 bits per heavy atom. The number of hydrogen-bond donors (Lipinski definition) is 0. The minimum absolute atomic E-state index is 0.128. The molecule has 0 aliphatic carbocycles. The molecule has 0 saturated carbocycles. The van der Waals surface area contributed by atoms with Crippen LogP contribution in [0.3, 0.4) is 0 Å². The minimum Gasteiger partial charge on any atom is -0.493 e. The van der Waals surface area contributed by atoms with Gasteiger partial charge in [-0.3, -0.25) is 9.69 Å². The predicted molar refractivity (Wildman–Crippen MR) is 121 cm³/mol. The van der Waals surface area contributed by atoms with Crippen LogP contribution in [0.2, 0.25) is 0 Å². The van der Waals surface area contributed by atoms with Crippen LogP contribution in [0.4, 0.5) is 5.13 Å². The van der Waals surface area contributed by atoms with Crippen molar-refractivity contribution in [2.45, 2.75) is 20.5 Å². The van der Waals surface area contributed by atoms with E-state index >= 15 is 0 Å². The van der Waals surface area contributed by atoms with Crippen LogP contribution in [0.1, 0.15) is 28.0 Å². The highest BCUT2D eigenvalue weighted by Crippen LogP contribution is 2.32. The zero-order chi connectivity index (χ0) is 21.1. The van der Waals surface area contributed by atoms with Crippen LogP contribution >= 0.6 is 22.7 Å². The van der Waals surface area contributed by atoms with E-state index in [1.54, 1.807) is 41.5 Å². The number of thiazole rings is 2. The first-order chi connectivity index (χ1) is 14.6. The first-order valence-electron chi connectivity index (χ1n) is 9.48. The van der Waals surface area contributed by atoms with Gasteiger partial charge in [0.2, 0.25) is 0 Å². The molecule has 0 fully saturated rings. The number of hydrogen-bond acceptors (Lipinski definition) is 7. The molecule has 0 bridgehead atoms. The van der Waals surface area contributed by atoms with Gasteiger partial charge >= 0.3 is 0 Å². The first-order valence-corrected chi connectivity index (χ1v) is 11.2. The molecule has 4 rings (SSSR count). The third kappa shape index (κ3) is 4.15. The Morgan fingerprint density at radius 1 is 1.13 bits per heavy atom. The Labute approximate surface area is 182 Å². The van der Waals surface area contributed by atoms with Crippen molar-refractivity contribution in [3.8, 4) is 11.5 Å². The lowest BCUT2D eigenvalue weighted by molar-refractivity contribution is 0.0988. The lowest BCUT2D eigenvalue weighted by Crippen LogP contribution is -2.30. The molecule has 4 aromatic rings. The van der Waals surface area contributed by atoms with Gasteiger partial charge in [0.1, 0.15) is 6.61 Å². The standard InChI is InChI=1S/C22H21N3O3S2/c1-4-25(22-24-17-7-5-6-8-20(17)30-22)21(26)15-9-10-18(19(11-15)27-3)28-12-16-13-29-14(2)23-16/h5-11,13H,4,12H2,1-3H3. The van der Waals surface area contributed by atoms with Crippen LogP contribution in [0, 0.1) is 6.92 Å². The van der Waals surface area contributed by atoms with Crippen LogP contribution in [-0.2, 0) is 6.61 Å². The number of fused-ring (bicyclic) bond motifs is 1. The van der Waals surface area contributed by atoms with Crippen molar-refractivity contribution in [1.82, 2.24) is 9.97 Å². The molecular formula is C22H21N3O3S2. The van der Waals surface area contributed by atoms with E-state index in [1.165, 1.54) is 11.3 Å². The molecular weight excluding hydrogens is 418 g/mol. The molecule has 6 nitrogen and oxygen atoms in total. The summed E-state index contributed by atoms with van der Waals surface area (Å²) in [4.78, 5) is 23.9. The number of aryl methyl sites for hydroxylation is 1. The van der Waals surface area contributed by atoms with Crippen LogP contribution in [-0.4, -0.2) is 29.5 Å². The molecule has 30 heavy (non-hydrogen) atoms. The number of methoxy groups -OCH3 is 1. The molecule has 0 spiro atoms. The Hall–Kier alpha value is -2.97. The Bertz CT molecular complexity index is 1150. The molecule has 0 unspecified atom stereocenters. The van der Waals surface area contributed by atoms with Crippen molar-refractivity contribution in [2.24, 2.45) is 0 Å². The SMILES string of the molecule is CCN(C(=O)c1ccc(OCc2csc(C)n2)c(OC)c1)c1nc2ccccc2s1. The van der Waals surface area contributed by atoms with Gasteiger partial charge in [-0.2, -0.15) is 0 Å². The summed E-state index contributed by atoms with van der Waals surface area (Å²) in [7, 11) is 1.56. The van der Waals surface area contributed by atoms with Gasteiger partial charge in [0.25, 0.3) is 5.91 Å². The lowest BCUT2D eigenvalue weighted by Gasteiger charge is -2.18. The van der Waals surface area contributed by atoms with Gasteiger partial charge in [-0.05, 0) is 44.2 Å². The summed E-state index contributed by atoms with van der Waals surface area (Å²) in [5.74, 6) is 0.951. The van der Waals surface area contributed by atoms with Crippen molar-refractivity contribution in [3.05, 3.63) is 64.1 Å². The number of nitrogens with zero attached hydrogens (tertiary/aromatic N) is 3. The summed E-state index contributed by atoms with van der Waals surface area (Å²) in [6.45, 7) is 4.76. The van der Waals surface area contributed by atoms with Crippen LogP contribution in [0.5, 0.6) is 11.5 Å². The molecule has 0 atom stereocenters. The molecule has 0 aliphatic rings. The smallest absolute Gasteiger partial charge is 0.260 e. The van der Waals surface area contributed by atoms with Gasteiger partial charge in [0, 0.05) is 17.5 Å². The number of anilines is 1. The van der Waals surface area contributed by atoms with E-state index in [0.717, 1.165) is 20.9 Å². The number of para-hydroxylation sites is 1. The summed E-state index contributed by atoms with van der Waals surface area (Å²) in [6.07, 6.45) is 0. The van der Waals surface area contributed by atoms with Crippen molar-refractivity contribution in [2.75, 3.05) is 18.6 Å². The molecule has 0 aliphatic heterocycles. The number of rotatable bonds is 7. The Kier molecular flexibility index (Phi) is 5.96. The van der Waals surface area contributed by atoms with Gasteiger partial charge in [-0.1, -0.05) is 23.5 Å². The minimum atomic E-state index is -0.128. The van der Waals surface area contributed by atoms with Gasteiger partial charge in [0.05, 0.1) is 28.0 Å². The average Bonchev–Trinajstić information content (AvgIpc) is 3.38. The number of carbonyl (C=O) groups is 1. The molecule has 2 aromatic heterocycles. The molecule has 0 saturated heterocycles. The highest BCUT2D eigenvalue weighted by Gasteiger charge is 2.21. The average molecular weight is 440 g/mol. The monoisotopic (exact) mass is 439 g/mol. The van der Waals surface area contributed by atoms with E-state index in [0.29, 0.717) is 35.3 Å². The normalized spacial score (nSPS) is 10.9. The van der Waals surface area contributed by atoms with Crippen molar-refractivity contribution >= 4 is 43.9 Å². The molecule has 1 amide bonds. The molecule has 8 heteroatoms. The van der Waals surface area contributed by atoms with E-state index < -0.39 is 0 Å². The van der Waals surface area contributed by atoms with Crippen molar-refractivity contribution in [1.29, 1.82) is 0 Å². The zero-order valence-electron chi connectivity index (χ0n) is 16.9. The lowest BCUT2D eigenvalue weighted by atomic mass is 10.1. The molecule has 0 radical (unpaired) electrons. The van der Waals surface area contributed by atoms with Gasteiger partial charge in [0.15, 0.2) is 16.6 Å². The largest absolute Gasteiger partial charge is 0.493 e. The second-order valence-electron chi connectivity index (χ2n) is 6.53. The van der Waals surface area contributed by atoms with E-state index in [-0.39, 0.29) is 5.91 Å². The highest BCUT2D eigenvalue weighted by atomic mass is 32.1. The van der Waals surface area contributed by atoms with E-state index in [2.05, 4.69) is 9.97 Å². The van der Waals surface area contributed by atoms with E-state index in [9.17, 15) is 4.79 Å². The second kappa shape index (κ2) is 8.81. The maximum atomic E-state index is 13.2. The summed E-state index contributed by atoms with van der Waals surface area (Å²) in [5.41, 5.74) is 2.28. The van der Waals surface area contributed by atoms with Gasteiger partial charge in [-0.15, -0.1) is 11.3 Å². The number of carbonyl (C=O) groups excluding carboxylic acids is 1. The number of aromatic nitrogens is 2. The summed E-state index contributed by atoms with van der Waals surface area (Å²) in [5, 5.41) is 3.65. The molecule has 2 aromatic carbocycles. The van der Waals surface area contributed by atoms with Gasteiger partial charge in [-0.25, -0.2) is 9.97 Å². The number of benzene rings is 2. The topological polar surface area (TPSA) is 64.6 Å². The van der Waals surface area contributed by atoms with Crippen LogP contribution < -0.4 is 14.4 Å². The maximum absolute atomic E-state index is 13.2. The Balaban J connectivity index is 1.56. The number of amides is 1. The predicted octanol–water partition coefficient (Wildman–Crippen LogP) is 5.32. The van der Waals surface area contributed by atoms with Crippen LogP contribution in [0.25, 0.3) is 10.2 Å².